The Bertz CT molecular complexity index is 780. The smallest absolute Gasteiger partial charge is 0.144 e. The lowest BCUT2D eigenvalue weighted by Crippen LogP contribution is -1.92. The summed E-state index contributed by atoms with van der Waals surface area (Å²) in [5.41, 5.74) is 6.46. The second-order valence-electron chi connectivity index (χ2n) is 6.14. The third-order valence-corrected chi connectivity index (χ3v) is 4.34. The number of allylic oxidation sites excluding steroid dienone is 2. The minimum atomic E-state index is 0.827. The van der Waals surface area contributed by atoms with Crippen LogP contribution in [-0.4, -0.2) is 35.0 Å². The number of aromatic nitrogens is 2. The Balaban J connectivity index is 0.00000117. The fourth-order valence-corrected chi connectivity index (χ4v) is 2.99. The predicted molar refractivity (Wildman–Crippen MR) is 109 cm³/mol. The average Bonchev–Trinajstić information content (AvgIpc) is 3.38. The second-order valence-corrected chi connectivity index (χ2v) is 6.14. The van der Waals surface area contributed by atoms with E-state index in [-0.39, 0.29) is 0 Å². The number of hydrogen-bond donors (Lipinski definition) is 3. The Kier molecular flexibility index (Phi) is 7.48. The molecule has 26 heavy (non-hydrogen) atoms. The van der Waals surface area contributed by atoms with Crippen LogP contribution in [0.4, 0.5) is 0 Å². The number of aliphatic hydroxyl groups is 1. The van der Waals surface area contributed by atoms with Gasteiger partial charge in [0.15, 0.2) is 0 Å². The maximum Gasteiger partial charge on any atom is 0.144 e. The number of ether oxygens (including phenoxy) is 1. The molecule has 0 fully saturated rings. The van der Waals surface area contributed by atoms with E-state index in [1.54, 1.807) is 7.11 Å². The van der Waals surface area contributed by atoms with E-state index in [0.29, 0.717) is 0 Å². The lowest BCUT2D eigenvalue weighted by atomic mass is 10.0. The molecule has 0 saturated heterocycles. The van der Waals surface area contributed by atoms with Crippen molar-refractivity contribution in [2.75, 3.05) is 14.2 Å². The molecule has 1 aliphatic heterocycles. The topological polar surface area (TPSA) is 73.4 Å². The Morgan fingerprint density at radius 1 is 1.23 bits per heavy atom. The standard InChI is InChI=1S/C20H25N3O.CH4O/c1-4-5-6-8-15-11-16(22-14(15)2)12-19-20(24-3)13-18(23-19)17-9-7-10-21-17;1-2/h7,9-13,21,23H,4-6,8H2,1-3H3;2H,1H3. The number of rotatable bonds is 7. The third kappa shape index (κ3) is 4.76. The van der Waals surface area contributed by atoms with E-state index in [4.69, 9.17) is 14.8 Å². The van der Waals surface area contributed by atoms with Gasteiger partial charge in [-0.1, -0.05) is 19.8 Å². The van der Waals surface area contributed by atoms with Gasteiger partial charge < -0.3 is 19.8 Å². The molecule has 140 valence electrons. The largest absolute Gasteiger partial charge is 0.494 e. The molecule has 3 heterocycles. The van der Waals surface area contributed by atoms with Crippen LogP contribution in [0.3, 0.4) is 0 Å². The van der Waals surface area contributed by atoms with E-state index in [2.05, 4.69) is 36.0 Å². The van der Waals surface area contributed by atoms with Crippen LogP contribution < -0.4 is 4.74 Å². The first-order chi connectivity index (χ1) is 12.7. The van der Waals surface area contributed by atoms with Crippen LogP contribution in [0, 0.1) is 0 Å². The maximum absolute atomic E-state index is 7.00. The molecule has 3 rings (SSSR count). The van der Waals surface area contributed by atoms with Crippen molar-refractivity contribution in [3.05, 3.63) is 47.4 Å². The summed E-state index contributed by atoms with van der Waals surface area (Å²) in [7, 11) is 2.69. The minimum absolute atomic E-state index is 0.827. The molecule has 0 saturated carbocycles. The average molecular weight is 355 g/mol. The van der Waals surface area contributed by atoms with E-state index < -0.39 is 0 Å². The lowest BCUT2D eigenvalue weighted by Gasteiger charge is -2.00. The zero-order valence-corrected chi connectivity index (χ0v) is 16.1. The highest BCUT2D eigenvalue weighted by Crippen LogP contribution is 2.30. The molecule has 0 bridgehead atoms. The molecule has 2 aromatic heterocycles. The van der Waals surface area contributed by atoms with Gasteiger partial charge in [0.2, 0.25) is 0 Å². The van der Waals surface area contributed by atoms with Gasteiger partial charge in [-0.3, -0.25) is 4.99 Å². The van der Waals surface area contributed by atoms with E-state index in [0.717, 1.165) is 47.8 Å². The normalized spacial score (nSPS) is 14.7. The summed E-state index contributed by atoms with van der Waals surface area (Å²) in [5.74, 6) is 0.827. The van der Waals surface area contributed by atoms with Crippen molar-refractivity contribution >= 4 is 11.8 Å². The first-order valence-corrected chi connectivity index (χ1v) is 9.04. The maximum atomic E-state index is 7.00. The van der Waals surface area contributed by atoms with Gasteiger partial charge in [-0.2, -0.15) is 0 Å². The summed E-state index contributed by atoms with van der Waals surface area (Å²) >= 11 is 0. The SMILES string of the molecule is CCCCCC1=CC(=Cc2[nH]c(-c3ccc[nH]3)cc2OC)N=C1C.CO. The highest BCUT2D eigenvalue weighted by molar-refractivity contribution is 6.02. The molecule has 0 amide bonds. The summed E-state index contributed by atoms with van der Waals surface area (Å²) < 4.78 is 5.51. The molecule has 5 heteroatoms. The van der Waals surface area contributed by atoms with Crippen molar-refractivity contribution in [2.24, 2.45) is 4.99 Å². The number of nitrogens with zero attached hydrogens (tertiary/aromatic N) is 1. The number of methoxy groups -OCH3 is 1. The summed E-state index contributed by atoms with van der Waals surface area (Å²) in [6.07, 6.45) is 11.0. The van der Waals surface area contributed by atoms with Crippen LogP contribution in [0.25, 0.3) is 17.5 Å². The first-order valence-electron chi connectivity index (χ1n) is 9.04. The monoisotopic (exact) mass is 355 g/mol. The number of aliphatic imine (C=N–C) groups is 1. The van der Waals surface area contributed by atoms with Crippen molar-refractivity contribution in [1.29, 1.82) is 0 Å². The molecule has 3 N–H and O–H groups in total. The quantitative estimate of drug-likeness (QED) is 0.615. The number of hydrogen-bond acceptors (Lipinski definition) is 3. The van der Waals surface area contributed by atoms with Crippen LogP contribution in [0.2, 0.25) is 0 Å². The highest BCUT2D eigenvalue weighted by Gasteiger charge is 2.13. The Labute approximate surface area is 155 Å². The zero-order valence-electron chi connectivity index (χ0n) is 16.1. The van der Waals surface area contributed by atoms with Gasteiger partial charge in [0.05, 0.1) is 29.9 Å². The Morgan fingerprint density at radius 3 is 2.69 bits per heavy atom. The minimum Gasteiger partial charge on any atom is -0.494 e. The van der Waals surface area contributed by atoms with Crippen LogP contribution >= 0.6 is 0 Å². The molecular weight excluding hydrogens is 326 g/mol. The second kappa shape index (κ2) is 9.82. The molecule has 0 radical (unpaired) electrons. The zero-order chi connectivity index (χ0) is 18.9. The molecule has 1 aliphatic rings. The molecule has 5 nitrogen and oxygen atoms in total. The van der Waals surface area contributed by atoms with Crippen molar-refractivity contribution in [3.63, 3.8) is 0 Å². The van der Waals surface area contributed by atoms with Gasteiger partial charge in [-0.05, 0) is 49.6 Å². The van der Waals surface area contributed by atoms with Gasteiger partial charge >= 0.3 is 0 Å². The molecule has 0 spiro atoms. The van der Waals surface area contributed by atoms with Gasteiger partial charge in [0.25, 0.3) is 0 Å². The van der Waals surface area contributed by atoms with E-state index in [9.17, 15) is 0 Å². The van der Waals surface area contributed by atoms with Gasteiger partial charge in [0, 0.05) is 25.1 Å². The molecule has 0 atom stereocenters. The summed E-state index contributed by atoms with van der Waals surface area (Å²) in [6.45, 7) is 4.32. The fourth-order valence-electron chi connectivity index (χ4n) is 2.99. The van der Waals surface area contributed by atoms with Crippen molar-refractivity contribution in [1.82, 2.24) is 9.97 Å². The number of H-pyrrole nitrogens is 2. The van der Waals surface area contributed by atoms with Gasteiger partial charge in [-0.25, -0.2) is 0 Å². The fraction of sp³-hybridized carbons (Fsp3) is 0.381. The molecular formula is C21H29N3O2. The Hall–Kier alpha value is -2.53. The number of aliphatic hydroxyl groups excluding tert-OH is 1. The first kappa shape index (κ1) is 19.8. The number of nitrogens with one attached hydrogen (secondary N) is 2. The van der Waals surface area contributed by atoms with Crippen LogP contribution in [0.15, 0.2) is 46.7 Å². The molecule has 0 aromatic carbocycles. The van der Waals surface area contributed by atoms with Gasteiger partial charge in [0.1, 0.15) is 5.75 Å². The van der Waals surface area contributed by atoms with Crippen LogP contribution in [0.5, 0.6) is 5.75 Å². The summed E-state index contributed by atoms with van der Waals surface area (Å²) in [4.78, 5) is 11.3. The van der Waals surface area contributed by atoms with Crippen LogP contribution in [-0.2, 0) is 0 Å². The highest BCUT2D eigenvalue weighted by atomic mass is 16.5. The summed E-state index contributed by atoms with van der Waals surface area (Å²) in [6, 6.07) is 6.03. The van der Waals surface area contributed by atoms with Crippen molar-refractivity contribution in [2.45, 2.75) is 39.5 Å². The van der Waals surface area contributed by atoms with Gasteiger partial charge in [-0.15, -0.1) is 0 Å². The van der Waals surface area contributed by atoms with E-state index >= 15 is 0 Å². The van der Waals surface area contributed by atoms with E-state index in [1.165, 1.54) is 24.8 Å². The van der Waals surface area contributed by atoms with E-state index in [1.807, 2.05) is 24.4 Å². The molecule has 2 aromatic rings. The third-order valence-electron chi connectivity index (χ3n) is 4.34. The Morgan fingerprint density at radius 2 is 2.04 bits per heavy atom. The van der Waals surface area contributed by atoms with Crippen LogP contribution in [0.1, 0.15) is 45.2 Å². The van der Waals surface area contributed by atoms with Crippen molar-refractivity contribution in [3.8, 4) is 17.1 Å². The van der Waals surface area contributed by atoms with Crippen molar-refractivity contribution < 1.29 is 9.84 Å². The lowest BCUT2D eigenvalue weighted by molar-refractivity contribution is 0.399. The summed E-state index contributed by atoms with van der Waals surface area (Å²) in [5, 5.41) is 7.00. The molecule has 0 aliphatic carbocycles. The predicted octanol–water partition coefficient (Wildman–Crippen LogP) is 4.95. The number of unbranched alkanes of at least 4 members (excludes halogenated alkanes) is 2. The number of aromatic amines is 2. The molecule has 0 unspecified atom stereocenters.